The molecule has 0 saturated carbocycles. The van der Waals surface area contributed by atoms with Crippen LogP contribution in [0.15, 0.2) is 24.3 Å². The molecule has 3 heteroatoms. The van der Waals surface area contributed by atoms with Crippen molar-refractivity contribution in [1.29, 1.82) is 0 Å². The molecular weight excluding hydrogens is 178 g/mol. The van der Waals surface area contributed by atoms with Crippen LogP contribution in [-0.4, -0.2) is 12.7 Å². The molecule has 0 aliphatic heterocycles. The Balaban J connectivity index is 2.27. The maximum atomic E-state index is 11.1. The zero-order valence-corrected chi connectivity index (χ0v) is 8.25. The normalized spacial score (nSPS) is 9.50. The van der Waals surface area contributed by atoms with Gasteiger partial charge in [-0.25, -0.2) is 4.79 Å². The third-order valence-corrected chi connectivity index (χ3v) is 1.68. The highest BCUT2D eigenvalue weighted by Gasteiger charge is 2.00. The minimum Gasteiger partial charge on any atom is -0.449 e. The van der Waals surface area contributed by atoms with Crippen LogP contribution in [0.3, 0.4) is 0 Å². The van der Waals surface area contributed by atoms with Gasteiger partial charge in [-0.1, -0.05) is 25.5 Å². The number of unbranched alkanes of at least 4 members (excludes halogenated alkanes) is 1. The predicted octanol–water partition coefficient (Wildman–Crippen LogP) is 2.84. The van der Waals surface area contributed by atoms with Gasteiger partial charge in [-0.05, 0) is 24.6 Å². The first-order chi connectivity index (χ1) is 6.83. The second-order valence-corrected chi connectivity index (χ2v) is 2.91. The molecule has 1 aromatic carbocycles. The van der Waals surface area contributed by atoms with Crippen molar-refractivity contribution in [3.63, 3.8) is 0 Å². The van der Waals surface area contributed by atoms with Gasteiger partial charge < -0.3 is 4.74 Å². The molecule has 1 amide bonds. The molecule has 75 valence electrons. The number of rotatable bonds is 4. The number of nitrogens with one attached hydrogen (secondary N) is 1. The summed E-state index contributed by atoms with van der Waals surface area (Å²) in [5.41, 5.74) is 0.703. The molecule has 0 unspecified atom stereocenters. The van der Waals surface area contributed by atoms with Gasteiger partial charge in [0.15, 0.2) is 0 Å². The summed E-state index contributed by atoms with van der Waals surface area (Å²) in [6, 6.07) is 9.93. The van der Waals surface area contributed by atoms with Gasteiger partial charge >= 0.3 is 6.09 Å². The number of amides is 1. The maximum Gasteiger partial charge on any atom is 0.411 e. The Morgan fingerprint density at radius 3 is 3.14 bits per heavy atom. The van der Waals surface area contributed by atoms with E-state index in [-0.39, 0.29) is 0 Å². The lowest BCUT2D eigenvalue weighted by Crippen LogP contribution is -2.14. The summed E-state index contributed by atoms with van der Waals surface area (Å²) >= 11 is 0. The van der Waals surface area contributed by atoms with E-state index in [1.807, 2.05) is 13.0 Å². The van der Waals surface area contributed by atoms with Crippen molar-refractivity contribution < 1.29 is 9.53 Å². The topological polar surface area (TPSA) is 38.3 Å². The number of hydrogen-bond donors (Lipinski definition) is 1. The summed E-state index contributed by atoms with van der Waals surface area (Å²) in [5, 5.41) is 2.61. The highest BCUT2D eigenvalue weighted by molar-refractivity contribution is 5.84. The van der Waals surface area contributed by atoms with Crippen LogP contribution >= 0.6 is 0 Å². The summed E-state index contributed by atoms with van der Waals surface area (Å²) in [7, 11) is 0. The Hall–Kier alpha value is -1.51. The van der Waals surface area contributed by atoms with Crippen LogP contribution < -0.4 is 5.32 Å². The Morgan fingerprint density at radius 2 is 2.50 bits per heavy atom. The molecular formula is C11H14NO2. The summed E-state index contributed by atoms with van der Waals surface area (Å²) in [4.78, 5) is 11.1. The fourth-order valence-corrected chi connectivity index (χ4v) is 0.934. The van der Waals surface area contributed by atoms with Crippen LogP contribution in [0.25, 0.3) is 0 Å². The van der Waals surface area contributed by atoms with Gasteiger partial charge in [0.25, 0.3) is 0 Å². The average molecular weight is 192 g/mol. The van der Waals surface area contributed by atoms with Crippen LogP contribution in [-0.2, 0) is 4.74 Å². The molecule has 0 saturated heterocycles. The van der Waals surface area contributed by atoms with E-state index >= 15 is 0 Å². The van der Waals surface area contributed by atoms with Crippen molar-refractivity contribution >= 4 is 11.8 Å². The van der Waals surface area contributed by atoms with E-state index in [2.05, 4.69) is 11.4 Å². The largest absolute Gasteiger partial charge is 0.449 e. The first-order valence-electron chi connectivity index (χ1n) is 4.73. The average Bonchev–Trinajstić information content (AvgIpc) is 2.20. The summed E-state index contributed by atoms with van der Waals surface area (Å²) < 4.78 is 4.92. The number of hydrogen-bond acceptors (Lipinski definition) is 2. The first kappa shape index (κ1) is 10.6. The molecule has 0 aliphatic rings. The molecule has 1 radical (unpaired) electrons. The van der Waals surface area contributed by atoms with E-state index in [9.17, 15) is 4.79 Å². The van der Waals surface area contributed by atoms with Gasteiger partial charge in [0.2, 0.25) is 0 Å². The van der Waals surface area contributed by atoms with Crippen molar-refractivity contribution in [2.75, 3.05) is 11.9 Å². The summed E-state index contributed by atoms with van der Waals surface area (Å²) in [6.45, 7) is 2.52. The molecule has 14 heavy (non-hydrogen) atoms. The lowest BCUT2D eigenvalue weighted by Gasteiger charge is -2.05. The quantitative estimate of drug-likeness (QED) is 0.745. The number of carbonyl (C=O) groups excluding carboxylic acids is 1. The van der Waals surface area contributed by atoms with Gasteiger partial charge in [-0.15, -0.1) is 0 Å². The molecule has 1 N–H and O–H groups in total. The zero-order valence-electron chi connectivity index (χ0n) is 8.25. The SMILES string of the molecule is CCCCOC(=O)Nc1c[c]ccc1. The van der Waals surface area contributed by atoms with Crippen molar-refractivity contribution in [3.8, 4) is 0 Å². The van der Waals surface area contributed by atoms with Gasteiger partial charge in [-0.3, -0.25) is 5.32 Å². The number of benzene rings is 1. The summed E-state index contributed by atoms with van der Waals surface area (Å²) in [5.74, 6) is 0. The predicted molar refractivity (Wildman–Crippen MR) is 55.2 cm³/mol. The lowest BCUT2D eigenvalue weighted by atomic mass is 10.3. The van der Waals surface area contributed by atoms with Crippen molar-refractivity contribution in [2.24, 2.45) is 0 Å². The number of carbonyl (C=O) groups is 1. The van der Waals surface area contributed by atoms with Gasteiger partial charge in [-0.2, -0.15) is 0 Å². The lowest BCUT2D eigenvalue weighted by molar-refractivity contribution is 0.160. The smallest absolute Gasteiger partial charge is 0.411 e. The van der Waals surface area contributed by atoms with Crippen LogP contribution in [0.2, 0.25) is 0 Å². The van der Waals surface area contributed by atoms with E-state index in [0.29, 0.717) is 12.3 Å². The van der Waals surface area contributed by atoms with E-state index in [4.69, 9.17) is 4.74 Å². The molecule has 1 aromatic rings. The fourth-order valence-electron chi connectivity index (χ4n) is 0.934. The zero-order chi connectivity index (χ0) is 10.2. The van der Waals surface area contributed by atoms with E-state index in [1.165, 1.54) is 0 Å². The minimum absolute atomic E-state index is 0.405. The van der Waals surface area contributed by atoms with E-state index in [1.54, 1.807) is 18.2 Å². The molecule has 0 heterocycles. The molecule has 0 aromatic heterocycles. The highest BCUT2D eigenvalue weighted by Crippen LogP contribution is 2.04. The van der Waals surface area contributed by atoms with Crippen LogP contribution in [0.4, 0.5) is 10.5 Å². The van der Waals surface area contributed by atoms with Crippen LogP contribution in [0, 0.1) is 6.07 Å². The van der Waals surface area contributed by atoms with Crippen LogP contribution in [0.1, 0.15) is 19.8 Å². The van der Waals surface area contributed by atoms with Gasteiger partial charge in [0, 0.05) is 5.69 Å². The van der Waals surface area contributed by atoms with E-state index in [0.717, 1.165) is 12.8 Å². The highest BCUT2D eigenvalue weighted by atomic mass is 16.5. The molecule has 1 rings (SSSR count). The maximum absolute atomic E-state index is 11.1. The second-order valence-electron chi connectivity index (χ2n) is 2.91. The van der Waals surface area contributed by atoms with Crippen molar-refractivity contribution in [1.82, 2.24) is 0 Å². The molecule has 0 atom stereocenters. The first-order valence-corrected chi connectivity index (χ1v) is 4.73. The third-order valence-electron chi connectivity index (χ3n) is 1.68. The Labute approximate surface area is 84.1 Å². The van der Waals surface area contributed by atoms with Crippen LogP contribution in [0.5, 0.6) is 0 Å². The Kier molecular flexibility index (Phi) is 4.55. The second kappa shape index (κ2) is 6.02. The molecule has 0 spiro atoms. The monoisotopic (exact) mass is 192 g/mol. The molecule has 0 aliphatic carbocycles. The minimum atomic E-state index is -0.405. The molecule has 0 fully saturated rings. The standard InChI is InChI=1S/C11H14NO2/c1-2-3-9-14-11(13)12-10-7-5-4-6-8-10/h4-5,7-8H,2-3,9H2,1H3,(H,12,13). The Bertz CT molecular complexity index is 272. The Morgan fingerprint density at radius 1 is 1.64 bits per heavy atom. The van der Waals surface area contributed by atoms with Gasteiger partial charge in [0.1, 0.15) is 0 Å². The molecule has 3 nitrogen and oxygen atoms in total. The van der Waals surface area contributed by atoms with Gasteiger partial charge in [0.05, 0.1) is 6.61 Å². The van der Waals surface area contributed by atoms with E-state index < -0.39 is 6.09 Å². The number of anilines is 1. The van der Waals surface area contributed by atoms with Crippen molar-refractivity contribution in [3.05, 3.63) is 30.3 Å². The van der Waals surface area contributed by atoms with Crippen molar-refractivity contribution in [2.45, 2.75) is 19.8 Å². The molecule has 0 bridgehead atoms. The number of ether oxygens (including phenoxy) is 1. The third kappa shape index (κ3) is 3.94. The fraction of sp³-hybridized carbons (Fsp3) is 0.364. The summed E-state index contributed by atoms with van der Waals surface area (Å²) in [6.07, 6.45) is 1.51.